The Labute approximate surface area is 461 Å². The molecule has 5 amide bonds. The highest BCUT2D eigenvalue weighted by molar-refractivity contribution is 7.13. The van der Waals surface area contributed by atoms with Crippen LogP contribution in [0.2, 0.25) is 0 Å². The van der Waals surface area contributed by atoms with Crippen molar-refractivity contribution in [2.75, 3.05) is 44.4 Å². The number of pyridine rings is 1. The third-order valence-electron chi connectivity index (χ3n) is 13.5. The van der Waals surface area contributed by atoms with Gasteiger partial charge in [0.25, 0.3) is 5.91 Å². The second kappa shape index (κ2) is 24.8. The number of nitrogens with one attached hydrogen (secondary N) is 5. The molecule has 2 aliphatic heterocycles. The first-order chi connectivity index (χ1) is 38.5. The number of unbranched alkanes of at least 4 members (excludes halogenated alkanes) is 2. The topological polar surface area (TPSA) is 264 Å². The fraction of sp³-hybridized carbons (Fsp3) is 0.411. The number of hydrogen-bond donors (Lipinski definition) is 6. The summed E-state index contributed by atoms with van der Waals surface area (Å²) < 4.78 is 29.9. The van der Waals surface area contributed by atoms with E-state index in [1.54, 1.807) is 70.8 Å². The lowest BCUT2D eigenvalue weighted by Gasteiger charge is -2.36. The maximum Gasteiger partial charge on any atom is 0.273 e. The van der Waals surface area contributed by atoms with Crippen LogP contribution in [-0.2, 0) is 26.2 Å². The van der Waals surface area contributed by atoms with Gasteiger partial charge in [-0.25, -0.2) is 15.0 Å². The van der Waals surface area contributed by atoms with Crippen LogP contribution in [0.3, 0.4) is 0 Å². The standard InChI is InChI=1S/C56H66N14O7S/c1-33(37-20-22-38(23-21-37)50-34(2)60-32-78-50)61-53(74)43-25-39(71)30-70(43)55(76)51(56(3,4)5)64-46(72)15-10-9-11-16-47(73)69-28-36(29-69)18-17-35-19-24-44(58-27-35)63-45-26-42(48(66-65-45)54(75)57-6)62-41-14-12-13-40(49(41)77-8)52-59-31-68(7)67-52/h12-14,19-24,26-27,31-33,36,39,43,51,71H,9-11,15-16,25,28-30H2,1-8H3,(H,57,75)(H,61,74)(H,64,72)(H2,58,62,63,65)/t33-,39+,43-,51+/m0/s1/i6D3. The number of β-amino-alcohol motifs (C(OH)–C–C–N with tert-alkyl or cyclic N) is 1. The second-order valence-electron chi connectivity index (χ2n) is 20.5. The van der Waals surface area contributed by atoms with Crippen LogP contribution in [0.15, 0.2) is 78.7 Å². The van der Waals surface area contributed by atoms with Crippen LogP contribution in [0.4, 0.5) is 23.0 Å². The number of rotatable bonds is 19. The summed E-state index contributed by atoms with van der Waals surface area (Å²) in [5, 5.41) is 37.3. The van der Waals surface area contributed by atoms with Crippen molar-refractivity contribution in [1.29, 1.82) is 0 Å². The summed E-state index contributed by atoms with van der Waals surface area (Å²) in [5.74, 6) is 5.55. The molecule has 6 aromatic rings. The molecule has 6 N–H and O–H groups in total. The minimum absolute atomic E-state index is 0.00973. The van der Waals surface area contributed by atoms with Crippen LogP contribution in [0.1, 0.15) is 104 Å². The molecule has 6 heterocycles. The number of thiazole rings is 1. The summed E-state index contributed by atoms with van der Waals surface area (Å²) in [6, 6.07) is 15.8. The molecule has 4 aromatic heterocycles. The molecule has 408 valence electrons. The van der Waals surface area contributed by atoms with E-state index in [1.807, 2.05) is 69.7 Å². The quantitative estimate of drug-likeness (QED) is 0.0396. The normalized spacial score (nSPS) is 16.7. The largest absolute Gasteiger partial charge is 0.494 e. The molecule has 4 atom stereocenters. The molecule has 0 saturated carbocycles. The number of methoxy groups -OCH3 is 1. The maximum atomic E-state index is 14.2. The van der Waals surface area contributed by atoms with Crippen LogP contribution in [0.25, 0.3) is 21.8 Å². The number of nitrogens with zero attached hydrogens (tertiary/aromatic N) is 9. The van der Waals surface area contributed by atoms with Crippen LogP contribution >= 0.6 is 11.3 Å². The number of anilines is 4. The molecule has 21 nitrogen and oxygen atoms in total. The molecule has 2 aliphatic rings. The summed E-state index contributed by atoms with van der Waals surface area (Å²) in [7, 11) is 3.21. The molecule has 0 bridgehead atoms. The molecule has 22 heteroatoms. The van der Waals surface area contributed by atoms with Gasteiger partial charge in [0.2, 0.25) is 23.6 Å². The SMILES string of the molecule is [2H]C([2H])([2H])NC(=O)c1nnc(Nc2ccc(C#CC3CN(C(=O)CCCCCC(=O)N[C@H](C(=O)N4C[C@H](O)C[C@H]4C(=O)N[C@@H](C)c4ccc(-c5scnc5C)cc4)C(C)(C)C)C3)cn2)cc1Nc1cccc(-c2ncn(C)n2)c1OC. The first kappa shape index (κ1) is 51.8. The lowest BCUT2D eigenvalue weighted by atomic mass is 9.85. The first-order valence-electron chi connectivity index (χ1n) is 27.1. The molecule has 0 spiro atoms. The van der Waals surface area contributed by atoms with Gasteiger partial charge in [-0.1, -0.05) is 69.4 Å². The molecular formula is C56H66N14O7S. The van der Waals surface area contributed by atoms with E-state index < -0.39 is 42.4 Å². The van der Waals surface area contributed by atoms with Gasteiger partial charge in [-0.2, -0.15) is 5.10 Å². The van der Waals surface area contributed by atoms with E-state index in [1.165, 1.54) is 18.1 Å². The Morgan fingerprint density at radius 1 is 0.923 bits per heavy atom. The van der Waals surface area contributed by atoms with E-state index in [2.05, 4.69) is 63.4 Å². The van der Waals surface area contributed by atoms with Gasteiger partial charge in [-0.3, -0.25) is 28.7 Å². The highest BCUT2D eigenvalue weighted by atomic mass is 32.1. The first-order valence-corrected chi connectivity index (χ1v) is 26.5. The molecule has 0 radical (unpaired) electrons. The number of aromatic nitrogens is 7. The van der Waals surface area contributed by atoms with Crippen molar-refractivity contribution in [2.45, 2.75) is 97.4 Å². The Balaban J connectivity index is 0.773. The Hall–Kier alpha value is -8.29. The van der Waals surface area contributed by atoms with Crippen molar-refractivity contribution in [3.63, 3.8) is 0 Å². The van der Waals surface area contributed by atoms with Crippen LogP contribution < -0.4 is 31.3 Å². The lowest BCUT2D eigenvalue weighted by molar-refractivity contribution is -0.144. The smallest absolute Gasteiger partial charge is 0.273 e. The predicted octanol–water partition coefficient (Wildman–Crippen LogP) is 6.08. The van der Waals surface area contributed by atoms with Crippen LogP contribution in [0.5, 0.6) is 5.75 Å². The molecular weight excluding hydrogens is 1010 g/mol. The molecule has 2 aromatic carbocycles. The fourth-order valence-corrected chi connectivity index (χ4v) is 10.0. The number of likely N-dealkylation sites (tertiary alicyclic amines) is 2. The number of ether oxygens (including phenoxy) is 1. The Kier molecular flexibility index (Phi) is 16.5. The van der Waals surface area contributed by atoms with E-state index >= 15 is 0 Å². The van der Waals surface area contributed by atoms with Crippen molar-refractivity contribution < 1.29 is 37.9 Å². The van der Waals surface area contributed by atoms with E-state index in [-0.39, 0.29) is 66.3 Å². The molecule has 2 saturated heterocycles. The number of aryl methyl sites for hydroxylation is 2. The minimum Gasteiger partial charge on any atom is -0.494 e. The van der Waals surface area contributed by atoms with Gasteiger partial charge >= 0.3 is 0 Å². The molecule has 2 fully saturated rings. The third kappa shape index (κ3) is 13.6. The van der Waals surface area contributed by atoms with Gasteiger partial charge in [-0.15, -0.1) is 21.5 Å². The monoisotopic (exact) mass is 1080 g/mol. The zero-order valence-electron chi connectivity index (χ0n) is 47.6. The van der Waals surface area contributed by atoms with E-state index in [9.17, 15) is 29.1 Å². The van der Waals surface area contributed by atoms with Crippen LogP contribution in [0, 0.1) is 30.1 Å². The average molecular weight is 1080 g/mol. The lowest BCUT2D eigenvalue weighted by Crippen LogP contribution is -2.57. The number of amides is 5. The van der Waals surface area contributed by atoms with Gasteiger partial charge < -0.3 is 46.2 Å². The van der Waals surface area contributed by atoms with E-state index in [4.69, 9.17) is 8.85 Å². The number of aliphatic hydroxyl groups excluding tert-OH is 1. The second-order valence-corrected chi connectivity index (χ2v) is 21.3. The Morgan fingerprint density at radius 2 is 1.71 bits per heavy atom. The van der Waals surface area contributed by atoms with E-state index in [0.29, 0.717) is 73.0 Å². The summed E-state index contributed by atoms with van der Waals surface area (Å²) in [6.07, 6.45) is 4.52. The highest BCUT2D eigenvalue weighted by Gasteiger charge is 2.45. The number of aliphatic hydroxyl groups is 1. The predicted molar refractivity (Wildman–Crippen MR) is 296 cm³/mol. The fourth-order valence-electron chi connectivity index (χ4n) is 9.19. The van der Waals surface area contributed by atoms with Crippen molar-refractivity contribution >= 4 is 63.9 Å². The number of para-hydroxylation sites is 1. The van der Waals surface area contributed by atoms with Gasteiger partial charge in [0.15, 0.2) is 23.1 Å². The Morgan fingerprint density at radius 3 is 2.38 bits per heavy atom. The number of carbonyl (C=O) groups is 5. The highest BCUT2D eigenvalue weighted by Crippen LogP contribution is 2.37. The van der Waals surface area contributed by atoms with Gasteiger partial charge in [0, 0.05) is 74.9 Å². The zero-order valence-corrected chi connectivity index (χ0v) is 45.4. The summed E-state index contributed by atoms with van der Waals surface area (Å²) >= 11 is 1.56. The molecule has 0 unspecified atom stereocenters. The maximum absolute atomic E-state index is 14.2. The summed E-state index contributed by atoms with van der Waals surface area (Å²) in [4.78, 5) is 84.6. The van der Waals surface area contributed by atoms with Crippen molar-refractivity contribution in [2.24, 2.45) is 18.4 Å². The number of hydrogen-bond acceptors (Lipinski definition) is 16. The molecule has 0 aliphatic carbocycles. The van der Waals surface area contributed by atoms with Gasteiger partial charge in [-0.05, 0) is 67.5 Å². The van der Waals surface area contributed by atoms with Crippen molar-refractivity contribution in [3.8, 4) is 39.4 Å². The molecule has 8 rings (SSSR count). The average Bonchev–Trinajstić information content (AvgIpc) is 4.22. The van der Waals surface area contributed by atoms with Gasteiger partial charge in [0.05, 0.1) is 58.2 Å². The summed E-state index contributed by atoms with van der Waals surface area (Å²) in [6.45, 7) is 7.55. The van der Waals surface area contributed by atoms with Crippen molar-refractivity contribution in [1.82, 2.24) is 60.7 Å². The minimum atomic E-state index is -2.79. The summed E-state index contributed by atoms with van der Waals surface area (Å²) in [5.41, 5.74) is 5.42. The Bertz CT molecular complexity index is 3310. The molecule has 78 heavy (non-hydrogen) atoms. The third-order valence-corrected chi connectivity index (χ3v) is 14.5. The zero-order chi connectivity index (χ0) is 58.2. The number of benzene rings is 2. The van der Waals surface area contributed by atoms with Crippen molar-refractivity contribution in [3.05, 3.63) is 101 Å². The number of carbonyl (C=O) groups excluding carboxylic acids is 5. The van der Waals surface area contributed by atoms with Crippen LogP contribution in [-0.4, -0.2) is 131 Å². The van der Waals surface area contributed by atoms with E-state index in [0.717, 1.165) is 21.7 Å². The van der Waals surface area contributed by atoms with Gasteiger partial charge in [0.1, 0.15) is 24.2 Å².